The van der Waals surface area contributed by atoms with Gasteiger partial charge < -0.3 is 10.5 Å². The third-order valence-corrected chi connectivity index (χ3v) is 5.47. The summed E-state index contributed by atoms with van der Waals surface area (Å²) in [4.78, 5) is 39.2. The number of fused-ring (bicyclic) bond motifs is 1. The van der Waals surface area contributed by atoms with Gasteiger partial charge in [-0.1, -0.05) is 25.0 Å². The van der Waals surface area contributed by atoms with E-state index in [-0.39, 0.29) is 11.8 Å². The number of para-hydroxylation sites is 1. The van der Waals surface area contributed by atoms with Crippen molar-refractivity contribution in [2.75, 3.05) is 6.61 Å². The topological polar surface area (TPSA) is 111 Å². The molecular formula is C17H19N3O4S. The largest absolute Gasteiger partial charge is 0.455 e. The summed E-state index contributed by atoms with van der Waals surface area (Å²) >= 11 is 1.60. The van der Waals surface area contributed by atoms with Crippen molar-refractivity contribution >= 4 is 39.5 Å². The summed E-state index contributed by atoms with van der Waals surface area (Å²) < 4.78 is 6.18. The number of rotatable bonds is 4. The van der Waals surface area contributed by atoms with Gasteiger partial charge in [0.05, 0.1) is 21.1 Å². The number of esters is 1. The third kappa shape index (κ3) is 4.14. The molecule has 0 spiro atoms. The van der Waals surface area contributed by atoms with E-state index in [2.05, 4.69) is 4.98 Å². The number of benzene rings is 1. The maximum atomic E-state index is 12.4. The van der Waals surface area contributed by atoms with E-state index in [9.17, 15) is 14.4 Å². The summed E-state index contributed by atoms with van der Waals surface area (Å²) in [7, 11) is 0. The number of aromatic nitrogens is 1. The number of primary amides is 1. The lowest BCUT2D eigenvalue weighted by Gasteiger charge is -2.28. The zero-order valence-corrected chi connectivity index (χ0v) is 14.4. The highest BCUT2D eigenvalue weighted by Gasteiger charge is 2.35. The highest BCUT2D eigenvalue weighted by Crippen LogP contribution is 2.41. The number of urea groups is 1. The number of hydrogen-bond donors (Lipinski definition) is 2. The second kappa shape index (κ2) is 7.60. The number of carbonyl (C=O) groups excluding carboxylic acids is 3. The number of hydrogen-bond acceptors (Lipinski definition) is 6. The van der Waals surface area contributed by atoms with Gasteiger partial charge in [-0.3, -0.25) is 14.9 Å². The molecule has 2 aromatic rings. The molecule has 1 aromatic heterocycles. The normalized spacial score (nSPS) is 20.2. The second-order valence-corrected chi connectivity index (χ2v) is 7.10. The molecule has 1 aliphatic carbocycles. The summed E-state index contributed by atoms with van der Waals surface area (Å²) in [6, 6.07) is 6.91. The fourth-order valence-corrected chi connectivity index (χ4v) is 4.34. The number of thiazole rings is 1. The molecular weight excluding hydrogens is 342 g/mol. The highest BCUT2D eigenvalue weighted by atomic mass is 32.1. The lowest BCUT2D eigenvalue weighted by atomic mass is 9.79. The van der Waals surface area contributed by atoms with Crippen LogP contribution in [-0.4, -0.2) is 29.5 Å². The first kappa shape index (κ1) is 17.3. The Hall–Kier alpha value is -2.48. The zero-order chi connectivity index (χ0) is 17.8. The Bertz CT molecular complexity index is 771. The average Bonchev–Trinajstić information content (AvgIpc) is 3.03. The minimum atomic E-state index is -0.967. The van der Waals surface area contributed by atoms with Crippen LogP contribution in [0.3, 0.4) is 0 Å². The van der Waals surface area contributed by atoms with Crippen molar-refractivity contribution in [3.8, 4) is 0 Å². The van der Waals surface area contributed by atoms with Crippen LogP contribution in [0.25, 0.3) is 10.2 Å². The van der Waals surface area contributed by atoms with Crippen molar-refractivity contribution < 1.29 is 19.1 Å². The van der Waals surface area contributed by atoms with Gasteiger partial charge >= 0.3 is 12.0 Å². The molecule has 1 fully saturated rings. The summed E-state index contributed by atoms with van der Waals surface area (Å²) in [5.74, 6) is -1.48. The maximum absolute atomic E-state index is 12.4. The predicted molar refractivity (Wildman–Crippen MR) is 93.0 cm³/mol. The minimum Gasteiger partial charge on any atom is -0.455 e. The number of nitrogens with one attached hydrogen (secondary N) is 1. The number of carbonyl (C=O) groups is 3. The van der Waals surface area contributed by atoms with E-state index in [4.69, 9.17) is 10.5 Å². The quantitative estimate of drug-likeness (QED) is 0.812. The van der Waals surface area contributed by atoms with E-state index < -0.39 is 24.5 Å². The Kier molecular flexibility index (Phi) is 5.28. The lowest BCUT2D eigenvalue weighted by molar-refractivity contribution is -0.154. The fraction of sp³-hybridized carbons (Fsp3) is 0.412. The summed E-state index contributed by atoms with van der Waals surface area (Å²) in [6.45, 7) is -0.509. The first-order valence-electron chi connectivity index (χ1n) is 8.16. The van der Waals surface area contributed by atoms with E-state index in [0.29, 0.717) is 6.42 Å². The van der Waals surface area contributed by atoms with Crippen LogP contribution in [0.1, 0.15) is 36.6 Å². The molecule has 25 heavy (non-hydrogen) atoms. The van der Waals surface area contributed by atoms with Crippen LogP contribution < -0.4 is 11.1 Å². The Morgan fingerprint density at radius 3 is 2.76 bits per heavy atom. The number of nitrogens with zero attached hydrogens (tertiary/aromatic N) is 1. The monoisotopic (exact) mass is 361 g/mol. The van der Waals surface area contributed by atoms with E-state index in [1.807, 2.05) is 29.6 Å². The van der Waals surface area contributed by atoms with Crippen LogP contribution in [0.5, 0.6) is 0 Å². The van der Waals surface area contributed by atoms with Crippen molar-refractivity contribution in [3.05, 3.63) is 29.3 Å². The first-order chi connectivity index (χ1) is 12.0. The van der Waals surface area contributed by atoms with Crippen molar-refractivity contribution in [2.45, 2.75) is 31.6 Å². The number of amides is 3. The molecule has 0 radical (unpaired) electrons. The number of imide groups is 1. The molecule has 1 saturated carbocycles. The van der Waals surface area contributed by atoms with E-state index in [1.54, 1.807) is 11.3 Å². The minimum absolute atomic E-state index is 0.00199. The molecule has 0 aliphatic heterocycles. The van der Waals surface area contributed by atoms with Crippen LogP contribution in [0.2, 0.25) is 0 Å². The van der Waals surface area contributed by atoms with Gasteiger partial charge in [0.25, 0.3) is 5.91 Å². The zero-order valence-electron chi connectivity index (χ0n) is 13.6. The second-order valence-electron chi connectivity index (χ2n) is 6.04. The van der Waals surface area contributed by atoms with Crippen LogP contribution in [0.15, 0.2) is 24.3 Å². The molecule has 3 rings (SSSR count). The first-order valence-corrected chi connectivity index (χ1v) is 8.97. The molecule has 8 heteroatoms. The van der Waals surface area contributed by atoms with Gasteiger partial charge in [-0.05, 0) is 25.0 Å². The SMILES string of the molecule is NC(=O)NC(=O)COC(=O)[C@@H]1CCCC[C@H]1c1nc2ccccc2s1. The Labute approximate surface area is 148 Å². The van der Waals surface area contributed by atoms with Gasteiger partial charge in [-0.25, -0.2) is 9.78 Å². The van der Waals surface area contributed by atoms with Crippen molar-refractivity contribution in [2.24, 2.45) is 11.7 Å². The molecule has 7 nitrogen and oxygen atoms in total. The highest BCUT2D eigenvalue weighted by molar-refractivity contribution is 7.18. The molecule has 132 valence electrons. The van der Waals surface area contributed by atoms with Crippen molar-refractivity contribution in [1.29, 1.82) is 0 Å². The smallest absolute Gasteiger partial charge is 0.318 e. The van der Waals surface area contributed by atoms with Gasteiger partial charge in [-0.15, -0.1) is 11.3 Å². The van der Waals surface area contributed by atoms with Gasteiger partial charge in [0.2, 0.25) is 0 Å². The third-order valence-electron chi connectivity index (χ3n) is 4.30. The van der Waals surface area contributed by atoms with E-state index in [0.717, 1.165) is 34.5 Å². The van der Waals surface area contributed by atoms with E-state index >= 15 is 0 Å². The Balaban J connectivity index is 1.71. The molecule has 3 amide bonds. The van der Waals surface area contributed by atoms with Crippen molar-refractivity contribution in [3.63, 3.8) is 0 Å². The standard InChI is InChI=1S/C17H19N3O4S/c18-17(23)20-14(21)9-24-16(22)11-6-2-1-5-10(11)15-19-12-7-3-4-8-13(12)25-15/h3-4,7-8,10-11H,1-2,5-6,9H2,(H3,18,20,21,23)/t10-,11-/m1/s1. The van der Waals surface area contributed by atoms with Crippen LogP contribution in [-0.2, 0) is 14.3 Å². The molecule has 0 bridgehead atoms. The van der Waals surface area contributed by atoms with Crippen molar-refractivity contribution in [1.82, 2.24) is 10.3 Å². The Morgan fingerprint density at radius 1 is 1.24 bits per heavy atom. The van der Waals surface area contributed by atoms with E-state index in [1.165, 1.54) is 0 Å². The van der Waals surface area contributed by atoms with Gasteiger partial charge in [-0.2, -0.15) is 0 Å². The van der Waals surface area contributed by atoms with Crippen LogP contribution >= 0.6 is 11.3 Å². The Morgan fingerprint density at radius 2 is 2.00 bits per heavy atom. The van der Waals surface area contributed by atoms with Crippen LogP contribution in [0.4, 0.5) is 4.79 Å². The van der Waals surface area contributed by atoms with Gasteiger partial charge in [0.15, 0.2) is 6.61 Å². The average molecular weight is 361 g/mol. The van der Waals surface area contributed by atoms with Gasteiger partial charge in [0.1, 0.15) is 0 Å². The molecule has 0 unspecified atom stereocenters. The van der Waals surface area contributed by atoms with Gasteiger partial charge in [0, 0.05) is 5.92 Å². The summed E-state index contributed by atoms with van der Waals surface area (Å²) in [5, 5.41) is 2.81. The molecule has 2 atom stereocenters. The lowest BCUT2D eigenvalue weighted by Crippen LogP contribution is -2.38. The maximum Gasteiger partial charge on any atom is 0.318 e. The summed E-state index contributed by atoms with van der Waals surface area (Å²) in [6.07, 6.45) is 3.55. The predicted octanol–water partition coefficient (Wildman–Crippen LogP) is 2.31. The molecule has 3 N–H and O–H groups in total. The van der Waals surface area contributed by atoms with Crippen LogP contribution in [0, 0.1) is 5.92 Å². The fourth-order valence-electron chi connectivity index (χ4n) is 3.17. The molecule has 1 heterocycles. The molecule has 1 aromatic carbocycles. The number of nitrogens with two attached hydrogens (primary N) is 1. The summed E-state index contributed by atoms with van der Waals surface area (Å²) in [5.41, 5.74) is 5.79. The molecule has 1 aliphatic rings. The molecule has 0 saturated heterocycles. The number of ether oxygens (including phenoxy) is 1.